The first-order valence-corrected chi connectivity index (χ1v) is 10.9. The maximum absolute atomic E-state index is 13.0. The van der Waals surface area contributed by atoms with Gasteiger partial charge in [-0.3, -0.25) is 14.5 Å². The largest absolute Gasteiger partial charge is 0.465 e. The lowest BCUT2D eigenvalue weighted by Gasteiger charge is -2.36. The van der Waals surface area contributed by atoms with E-state index in [0.717, 1.165) is 53.9 Å². The molecule has 0 radical (unpaired) electrons. The number of aryl methyl sites for hydroxylation is 1. The van der Waals surface area contributed by atoms with E-state index in [9.17, 15) is 19.2 Å². The number of nitrogens with one attached hydrogen (secondary N) is 2. The SMILES string of the molecule is COC(=O)c1c(NC(=O)CN2C(=O)N[C@@]3(CCCC[C@@H]3C)C2=O)sc2c1CCC2. The van der Waals surface area contributed by atoms with E-state index in [1.54, 1.807) is 0 Å². The average Bonchev–Trinajstić information content (AvgIpc) is 3.33. The van der Waals surface area contributed by atoms with Crippen LogP contribution in [0.4, 0.5) is 9.80 Å². The number of carbonyl (C=O) groups excluding carboxylic acids is 4. The molecule has 156 valence electrons. The summed E-state index contributed by atoms with van der Waals surface area (Å²) in [6, 6.07) is -0.527. The highest BCUT2D eigenvalue weighted by Crippen LogP contribution is 2.40. The summed E-state index contributed by atoms with van der Waals surface area (Å²) in [5.74, 6) is -1.28. The fourth-order valence-electron chi connectivity index (χ4n) is 4.76. The Morgan fingerprint density at radius 2 is 2.07 bits per heavy atom. The van der Waals surface area contributed by atoms with Crippen LogP contribution in [0.15, 0.2) is 0 Å². The van der Waals surface area contributed by atoms with Crippen LogP contribution in [-0.4, -0.2) is 47.9 Å². The molecule has 1 aliphatic heterocycles. The summed E-state index contributed by atoms with van der Waals surface area (Å²) in [5, 5.41) is 6.00. The standard InChI is InChI=1S/C20H25N3O5S/c1-11-6-3-4-9-20(11)18(26)23(19(27)22-20)10-14(24)21-16-15(17(25)28-2)12-7-5-8-13(12)29-16/h11H,3-10H2,1-2H3,(H,21,24)(H,22,27)/t11-,20+/m0/s1. The molecule has 1 aromatic heterocycles. The van der Waals surface area contributed by atoms with Gasteiger partial charge in [-0.1, -0.05) is 19.8 Å². The second-order valence-electron chi connectivity index (χ2n) is 8.04. The summed E-state index contributed by atoms with van der Waals surface area (Å²) in [4.78, 5) is 52.5. The molecule has 9 heteroatoms. The maximum Gasteiger partial charge on any atom is 0.341 e. The number of nitrogens with zero attached hydrogens (tertiary/aromatic N) is 1. The number of methoxy groups -OCH3 is 1. The zero-order valence-electron chi connectivity index (χ0n) is 16.6. The van der Waals surface area contributed by atoms with Gasteiger partial charge in [-0.05, 0) is 43.6 Å². The van der Waals surface area contributed by atoms with Gasteiger partial charge in [-0.25, -0.2) is 9.59 Å². The molecule has 1 saturated carbocycles. The summed E-state index contributed by atoms with van der Waals surface area (Å²) < 4.78 is 4.88. The molecule has 4 rings (SSSR count). The Hall–Kier alpha value is -2.42. The Morgan fingerprint density at radius 3 is 2.79 bits per heavy atom. The fourth-order valence-corrected chi connectivity index (χ4v) is 6.05. The molecule has 1 saturated heterocycles. The van der Waals surface area contributed by atoms with Crippen LogP contribution in [0.1, 0.15) is 59.8 Å². The van der Waals surface area contributed by atoms with Crippen molar-refractivity contribution in [3.8, 4) is 0 Å². The molecular weight excluding hydrogens is 394 g/mol. The summed E-state index contributed by atoms with van der Waals surface area (Å²) in [6.45, 7) is 1.60. The van der Waals surface area contributed by atoms with Crippen LogP contribution in [0.5, 0.6) is 0 Å². The molecule has 2 N–H and O–H groups in total. The van der Waals surface area contributed by atoms with E-state index in [-0.39, 0.29) is 18.4 Å². The Balaban J connectivity index is 1.50. The van der Waals surface area contributed by atoms with E-state index in [2.05, 4.69) is 10.6 Å². The number of anilines is 1. The molecular formula is C20H25N3O5S. The first kappa shape index (κ1) is 19.9. The Bertz CT molecular complexity index is 895. The molecule has 0 aromatic carbocycles. The minimum Gasteiger partial charge on any atom is -0.465 e. The first-order valence-electron chi connectivity index (χ1n) is 10.0. The van der Waals surface area contributed by atoms with Gasteiger partial charge in [-0.15, -0.1) is 11.3 Å². The summed E-state index contributed by atoms with van der Waals surface area (Å²) in [6.07, 6.45) is 6.00. The van der Waals surface area contributed by atoms with Crippen molar-refractivity contribution >= 4 is 40.2 Å². The van der Waals surface area contributed by atoms with E-state index in [4.69, 9.17) is 4.74 Å². The monoisotopic (exact) mass is 419 g/mol. The highest BCUT2D eigenvalue weighted by molar-refractivity contribution is 7.17. The predicted molar refractivity (Wildman–Crippen MR) is 107 cm³/mol. The van der Waals surface area contributed by atoms with E-state index < -0.39 is 23.4 Å². The Kier molecular flexibility index (Phi) is 5.10. The van der Waals surface area contributed by atoms with Crippen LogP contribution < -0.4 is 10.6 Å². The van der Waals surface area contributed by atoms with E-state index in [1.165, 1.54) is 18.4 Å². The van der Waals surface area contributed by atoms with E-state index in [0.29, 0.717) is 17.0 Å². The van der Waals surface area contributed by atoms with E-state index >= 15 is 0 Å². The van der Waals surface area contributed by atoms with Crippen LogP contribution in [0.2, 0.25) is 0 Å². The topological polar surface area (TPSA) is 105 Å². The van der Waals surface area contributed by atoms with Crippen molar-refractivity contribution in [1.29, 1.82) is 0 Å². The van der Waals surface area contributed by atoms with Crippen molar-refractivity contribution in [2.45, 2.75) is 57.4 Å². The third-order valence-corrected chi connectivity index (χ3v) is 7.57. The van der Waals surface area contributed by atoms with Crippen LogP contribution in [0.3, 0.4) is 0 Å². The summed E-state index contributed by atoms with van der Waals surface area (Å²) >= 11 is 1.37. The number of imide groups is 1. The van der Waals surface area contributed by atoms with Crippen LogP contribution in [0, 0.1) is 5.92 Å². The lowest BCUT2D eigenvalue weighted by Crippen LogP contribution is -2.54. The van der Waals surface area contributed by atoms with Crippen molar-refractivity contribution < 1.29 is 23.9 Å². The number of urea groups is 1. The highest BCUT2D eigenvalue weighted by Gasteiger charge is 2.55. The van der Waals surface area contributed by atoms with Crippen molar-refractivity contribution in [3.05, 3.63) is 16.0 Å². The first-order chi connectivity index (χ1) is 13.9. The van der Waals surface area contributed by atoms with Crippen molar-refractivity contribution in [2.24, 2.45) is 5.92 Å². The second kappa shape index (κ2) is 7.44. The Morgan fingerprint density at radius 1 is 1.28 bits per heavy atom. The fraction of sp³-hybridized carbons (Fsp3) is 0.600. The lowest BCUT2D eigenvalue weighted by atomic mass is 9.73. The summed E-state index contributed by atoms with van der Waals surface area (Å²) in [5.41, 5.74) is 0.437. The molecule has 8 nitrogen and oxygen atoms in total. The molecule has 3 aliphatic rings. The van der Waals surface area contributed by atoms with Crippen molar-refractivity contribution in [3.63, 3.8) is 0 Å². The molecule has 2 heterocycles. The second-order valence-corrected chi connectivity index (χ2v) is 9.15. The number of esters is 1. The van der Waals surface area contributed by atoms with E-state index in [1.807, 2.05) is 6.92 Å². The minimum absolute atomic E-state index is 0.0342. The van der Waals surface area contributed by atoms with Gasteiger partial charge in [0.2, 0.25) is 5.91 Å². The highest BCUT2D eigenvalue weighted by atomic mass is 32.1. The normalized spacial score (nSPS) is 25.9. The molecule has 2 atom stereocenters. The third-order valence-electron chi connectivity index (χ3n) is 6.37. The average molecular weight is 420 g/mol. The number of ether oxygens (including phenoxy) is 1. The van der Waals surface area contributed by atoms with Crippen LogP contribution in [-0.2, 0) is 27.2 Å². The molecule has 0 bridgehead atoms. The molecule has 1 spiro atoms. The van der Waals surface area contributed by atoms with Crippen LogP contribution >= 0.6 is 11.3 Å². The maximum atomic E-state index is 13.0. The Labute approximate surface area is 173 Å². The van der Waals surface area contributed by atoms with Gasteiger partial charge in [0.15, 0.2) is 0 Å². The van der Waals surface area contributed by atoms with Gasteiger partial charge in [0.05, 0.1) is 12.7 Å². The van der Waals surface area contributed by atoms with Gasteiger partial charge in [0, 0.05) is 4.88 Å². The number of amides is 4. The van der Waals surface area contributed by atoms with Gasteiger partial charge in [-0.2, -0.15) is 0 Å². The summed E-state index contributed by atoms with van der Waals surface area (Å²) in [7, 11) is 1.31. The third kappa shape index (κ3) is 3.21. The van der Waals surface area contributed by atoms with Crippen molar-refractivity contribution in [1.82, 2.24) is 10.2 Å². The molecule has 0 unspecified atom stereocenters. The number of hydrogen-bond acceptors (Lipinski definition) is 6. The lowest BCUT2D eigenvalue weighted by molar-refractivity contribution is -0.136. The quantitative estimate of drug-likeness (QED) is 0.576. The predicted octanol–water partition coefficient (Wildman–Crippen LogP) is 2.46. The molecule has 2 fully saturated rings. The zero-order chi connectivity index (χ0) is 20.8. The number of hydrogen-bond donors (Lipinski definition) is 2. The van der Waals surface area contributed by atoms with Crippen LogP contribution in [0.25, 0.3) is 0 Å². The smallest absolute Gasteiger partial charge is 0.341 e. The molecule has 2 aliphatic carbocycles. The zero-order valence-corrected chi connectivity index (χ0v) is 17.4. The molecule has 29 heavy (non-hydrogen) atoms. The van der Waals surface area contributed by atoms with Crippen molar-refractivity contribution in [2.75, 3.05) is 19.0 Å². The van der Waals surface area contributed by atoms with Gasteiger partial charge < -0.3 is 15.4 Å². The number of fused-ring (bicyclic) bond motifs is 1. The molecule has 1 aromatic rings. The van der Waals surface area contributed by atoms with Gasteiger partial charge >= 0.3 is 12.0 Å². The minimum atomic E-state index is -0.892. The number of rotatable bonds is 4. The molecule has 4 amide bonds. The number of thiophene rings is 1. The van der Waals surface area contributed by atoms with Gasteiger partial charge in [0.25, 0.3) is 5.91 Å². The van der Waals surface area contributed by atoms with Gasteiger partial charge in [0.1, 0.15) is 17.1 Å². The number of carbonyl (C=O) groups is 4.